The summed E-state index contributed by atoms with van der Waals surface area (Å²) >= 11 is 6.13. The number of nitrogens with one attached hydrogen (secondary N) is 1. The first-order valence-electron chi connectivity index (χ1n) is 6.41. The third kappa shape index (κ3) is 2.26. The predicted octanol–water partition coefficient (Wildman–Crippen LogP) is 2.07. The lowest BCUT2D eigenvalue weighted by Crippen LogP contribution is -2.31. The molecule has 1 fully saturated rings. The van der Waals surface area contributed by atoms with Crippen molar-refractivity contribution >= 4 is 23.2 Å². The molecular formula is C12H16ClN5O. The van der Waals surface area contributed by atoms with Crippen LogP contribution in [0.4, 0.5) is 5.82 Å². The summed E-state index contributed by atoms with van der Waals surface area (Å²) in [6.45, 7) is 4.86. The molecule has 1 saturated heterocycles. The molecule has 3 rings (SSSR count). The molecule has 1 aliphatic rings. The van der Waals surface area contributed by atoms with Crippen LogP contribution >= 0.6 is 11.6 Å². The lowest BCUT2D eigenvalue weighted by molar-refractivity contribution is 0.0995. The van der Waals surface area contributed by atoms with Gasteiger partial charge in [0.1, 0.15) is 17.3 Å². The van der Waals surface area contributed by atoms with E-state index < -0.39 is 0 Å². The van der Waals surface area contributed by atoms with Crippen LogP contribution in [0.3, 0.4) is 0 Å². The molecule has 0 bridgehead atoms. The van der Waals surface area contributed by atoms with Crippen LogP contribution in [-0.4, -0.2) is 38.3 Å². The van der Waals surface area contributed by atoms with E-state index in [0.717, 1.165) is 30.8 Å². The minimum absolute atomic E-state index is 0.187. The van der Waals surface area contributed by atoms with Crippen LogP contribution < -0.4 is 5.32 Å². The predicted molar refractivity (Wildman–Crippen MR) is 72.6 cm³/mol. The highest BCUT2D eigenvalue weighted by Crippen LogP contribution is 2.25. The molecule has 1 aliphatic heterocycles. The largest absolute Gasteiger partial charge is 0.376 e. The van der Waals surface area contributed by atoms with E-state index >= 15 is 0 Å². The van der Waals surface area contributed by atoms with E-state index in [9.17, 15) is 0 Å². The van der Waals surface area contributed by atoms with Crippen molar-refractivity contribution in [3.63, 3.8) is 0 Å². The second kappa shape index (κ2) is 4.94. The molecular weight excluding hydrogens is 266 g/mol. The highest BCUT2D eigenvalue weighted by atomic mass is 35.5. The van der Waals surface area contributed by atoms with Crippen molar-refractivity contribution in [3.05, 3.63) is 17.0 Å². The minimum atomic E-state index is 0.187. The first kappa shape index (κ1) is 12.6. The van der Waals surface area contributed by atoms with Crippen molar-refractivity contribution in [2.75, 3.05) is 11.9 Å². The van der Waals surface area contributed by atoms with Gasteiger partial charge in [0.05, 0.1) is 12.1 Å². The Labute approximate surface area is 116 Å². The van der Waals surface area contributed by atoms with E-state index in [0.29, 0.717) is 10.9 Å². The van der Waals surface area contributed by atoms with Crippen molar-refractivity contribution in [2.24, 2.45) is 0 Å². The van der Waals surface area contributed by atoms with Crippen molar-refractivity contribution in [3.8, 4) is 0 Å². The summed E-state index contributed by atoms with van der Waals surface area (Å²) in [4.78, 5) is 8.26. The maximum Gasteiger partial charge on any atom is 0.255 e. The molecule has 6 nitrogen and oxygen atoms in total. The number of aromatic nitrogens is 4. The van der Waals surface area contributed by atoms with Gasteiger partial charge < -0.3 is 10.1 Å². The number of ether oxygens (including phenoxy) is 1. The molecule has 7 heteroatoms. The third-order valence-electron chi connectivity index (χ3n) is 3.49. The third-order valence-corrected chi connectivity index (χ3v) is 3.86. The van der Waals surface area contributed by atoms with E-state index in [1.54, 1.807) is 4.52 Å². The van der Waals surface area contributed by atoms with Crippen molar-refractivity contribution in [1.29, 1.82) is 0 Å². The number of fused-ring (bicyclic) bond motifs is 1. The van der Waals surface area contributed by atoms with Crippen molar-refractivity contribution in [1.82, 2.24) is 19.6 Å². The number of nitrogens with zero attached hydrogens (tertiary/aromatic N) is 4. The van der Waals surface area contributed by atoms with E-state index in [1.807, 2.05) is 6.92 Å². The summed E-state index contributed by atoms with van der Waals surface area (Å²) in [6.07, 6.45) is 3.89. The number of halogens is 1. The highest BCUT2D eigenvalue weighted by molar-refractivity contribution is 6.30. The number of hydrogen-bond donors (Lipinski definition) is 1. The zero-order valence-electron chi connectivity index (χ0n) is 10.9. The monoisotopic (exact) mass is 281 g/mol. The molecule has 1 N–H and O–H groups in total. The van der Waals surface area contributed by atoms with Crippen LogP contribution in [0.5, 0.6) is 0 Å². The Bertz CT molecular complexity index is 593. The van der Waals surface area contributed by atoms with Gasteiger partial charge in [-0.3, -0.25) is 0 Å². The average Bonchev–Trinajstić information content (AvgIpc) is 3.04. The average molecular weight is 282 g/mol. The van der Waals surface area contributed by atoms with Gasteiger partial charge in [-0.1, -0.05) is 11.6 Å². The Morgan fingerprint density at radius 2 is 2.42 bits per heavy atom. The van der Waals surface area contributed by atoms with Crippen LogP contribution in [0.15, 0.2) is 6.33 Å². The van der Waals surface area contributed by atoms with Crippen molar-refractivity contribution in [2.45, 2.75) is 38.8 Å². The lowest BCUT2D eigenvalue weighted by Gasteiger charge is -2.22. The van der Waals surface area contributed by atoms with E-state index in [4.69, 9.17) is 16.3 Å². The summed E-state index contributed by atoms with van der Waals surface area (Å²) in [7, 11) is 0. The topological polar surface area (TPSA) is 64.3 Å². The van der Waals surface area contributed by atoms with Gasteiger partial charge in [-0.05, 0) is 26.7 Å². The number of anilines is 1. The summed E-state index contributed by atoms with van der Waals surface area (Å²) in [5, 5.41) is 8.06. The molecule has 2 aromatic heterocycles. The summed E-state index contributed by atoms with van der Waals surface area (Å²) < 4.78 is 7.37. The Morgan fingerprint density at radius 3 is 3.16 bits per heavy atom. The van der Waals surface area contributed by atoms with Gasteiger partial charge in [-0.2, -0.15) is 19.6 Å². The van der Waals surface area contributed by atoms with Gasteiger partial charge in [-0.15, -0.1) is 0 Å². The molecule has 0 aliphatic carbocycles. The zero-order valence-corrected chi connectivity index (χ0v) is 11.7. The van der Waals surface area contributed by atoms with E-state index in [-0.39, 0.29) is 12.1 Å². The van der Waals surface area contributed by atoms with Gasteiger partial charge in [0.2, 0.25) is 0 Å². The van der Waals surface area contributed by atoms with Gasteiger partial charge in [0.25, 0.3) is 5.78 Å². The molecule has 0 radical (unpaired) electrons. The second-order valence-electron chi connectivity index (χ2n) is 4.83. The molecule has 0 spiro atoms. The molecule has 102 valence electrons. The maximum atomic E-state index is 6.13. The Morgan fingerprint density at radius 1 is 1.58 bits per heavy atom. The van der Waals surface area contributed by atoms with Crippen molar-refractivity contribution < 1.29 is 4.74 Å². The fourth-order valence-electron chi connectivity index (χ4n) is 2.37. The smallest absolute Gasteiger partial charge is 0.255 e. The van der Waals surface area contributed by atoms with E-state index in [1.165, 1.54) is 6.33 Å². The molecule has 0 aromatic carbocycles. The van der Waals surface area contributed by atoms with Crippen LogP contribution in [0.2, 0.25) is 5.15 Å². The molecule has 2 aromatic rings. The molecule has 2 atom stereocenters. The summed E-state index contributed by atoms with van der Waals surface area (Å²) in [5.74, 6) is 1.33. The van der Waals surface area contributed by atoms with Crippen LogP contribution in [0.25, 0.3) is 5.78 Å². The standard InChI is InChI=1S/C12H16ClN5O/c1-7-10(13)17-12-14-6-15-18(12)11(7)16-8(2)9-4-3-5-19-9/h6,8-9,16H,3-5H2,1-2H3. The second-order valence-corrected chi connectivity index (χ2v) is 5.19. The Balaban J connectivity index is 1.94. The highest BCUT2D eigenvalue weighted by Gasteiger charge is 2.24. The first-order chi connectivity index (χ1) is 9.16. The van der Waals surface area contributed by atoms with Gasteiger partial charge in [0.15, 0.2) is 0 Å². The fraction of sp³-hybridized carbons (Fsp3) is 0.583. The lowest BCUT2D eigenvalue weighted by atomic mass is 10.1. The van der Waals surface area contributed by atoms with Crippen LogP contribution in [-0.2, 0) is 4.74 Å². The van der Waals surface area contributed by atoms with Gasteiger partial charge >= 0.3 is 0 Å². The van der Waals surface area contributed by atoms with Gasteiger partial charge in [-0.25, -0.2) is 0 Å². The summed E-state index contributed by atoms with van der Waals surface area (Å²) in [5.41, 5.74) is 0.865. The fourth-order valence-corrected chi connectivity index (χ4v) is 2.54. The molecule has 0 saturated carbocycles. The SMILES string of the molecule is Cc1c(Cl)nc2ncnn2c1NC(C)C1CCCO1. The number of hydrogen-bond acceptors (Lipinski definition) is 5. The van der Waals surface area contributed by atoms with Crippen LogP contribution in [0, 0.1) is 6.92 Å². The minimum Gasteiger partial charge on any atom is -0.376 e. The first-order valence-corrected chi connectivity index (χ1v) is 6.78. The molecule has 2 unspecified atom stereocenters. The van der Waals surface area contributed by atoms with Gasteiger partial charge in [0, 0.05) is 12.2 Å². The molecule has 0 amide bonds. The number of rotatable bonds is 3. The Hall–Kier alpha value is -1.40. The van der Waals surface area contributed by atoms with Crippen LogP contribution in [0.1, 0.15) is 25.3 Å². The molecule has 19 heavy (non-hydrogen) atoms. The van der Waals surface area contributed by atoms with E-state index in [2.05, 4.69) is 27.3 Å². The molecule has 3 heterocycles. The Kier molecular flexibility index (Phi) is 3.28. The maximum absolute atomic E-state index is 6.13. The normalized spacial score (nSPS) is 20.9. The quantitative estimate of drug-likeness (QED) is 0.873. The zero-order chi connectivity index (χ0) is 13.4. The summed E-state index contributed by atoms with van der Waals surface area (Å²) in [6, 6.07) is 0.187.